The molecule has 0 fully saturated rings. The topological polar surface area (TPSA) is 38.3 Å². The molecule has 0 aromatic heterocycles. The first kappa shape index (κ1) is 7.43. The predicted octanol–water partition coefficient (Wildman–Crippen LogP) is -0.417. The number of amides is 1. The molecule has 0 aliphatic rings. The van der Waals surface area contributed by atoms with Crippen LogP contribution in [-0.4, -0.2) is 26.2 Å². The average molecular weight is 116 g/mol. The van der Waals surface area contributed by atoms with Crippen molar-refractivity contribution in [1.82, 2.24) is 5.32 Å². The molecule has 3 nitrogen and oxygen atoms in total. The maximum atomic E-state index is 10.0. The van der Waals surface area contributed by atoms with Crippen molar-refractivity contribution < 1.29 is 9.53 Å². The molecule has 1 N–H and O–H groups in total. The van der Waals surface area contributed by atoms with Gasteiger partial charge in [0, 0.05) is 20.6 Å². The molecule has 0 aromatic carbocycles. The molecule has 47 valence electrons. The molecule has 3 heteroatoms. The molecular formula is C5H10NO2. The number of hydrogen-bond donors (Lipinski definition) is 1. The molecule has 0 aliphatic carbocycles. The third-order valence-corrected chi connectivity index (χ3v) is 0.628. The van der Waals surface area contributed by atoms with E-state index in [9.17, 15) is 4.79 Å². The molecule has 0 spiro atoms. The molecular weight excluding hydrogens is 106 g/mol. The van der Waals surface area contributed by atoms with Crippen molar-refractivity contribution in [3.05, 3.63) is 6.92 Å². The van der Waals surface area contributed by atoms with Crippen LogP contribution in [0.3, 0.4) is 0 Å². The Morgan fingerprint density at radius 1 is 1.88 bits per heavy atom. The molecule has 0 saturated heterocycles. The van der Waals surface area contributed by atoms with Gasteiger partial charge in [-0.3, -0.25) is 4.79 Å². The second-order valence-corrected chi connectivity index (χ2v) is 1.34. The largest absolute Gasteiger partial charge is 0.383 e. The molecule has 0 aliphatic heterocycles. The molecule has 0 rings (SSSR count). The maximum absolute atomic E-state index is 10.0. The van der Waals surface area contributed by atoms with E-state index in [1.807, 2.05) is 0 Å². The van der Waals surface area contributed by atoms with Crippen LogP contribution in [0.1, 0.15) is 0 Å². The Balaban J connectivity index is 2.82. The summed E-state index contributed by atoms with van der Waals surface area (Å²) in [5.74, 6) is -0.262. The van der Waals surface area contributed by atoms with Gasteiger partial charge in [-0.25, -0.2) is 0 Å². The number of hydrogen-bond acceptors (Lipinski definition) is 2. The van der Waals surface area contributed by atoms with Crippen LogP contribution in [0.15, 0.2) is 0 Å². The highest BCUT2D eigenvalue weighted by Gasteiger charge is 1.86. The minimum Gasteiger partial charge on any atom is -0.383 e. The van der Waals surface area contributed by atoms with Gasteiger partial charge in [-0.15, -0.1) is 0 Å². The molecule has 0 atom stereocenters. The van der Waals surface area contributed by atoms with Crippen molar-refractivity contribution in [3.63, 3.8) is 0 Å². The van der Waals surface area contributed by atoms with Crippen LogP contribution in [-0.2, 0) is 9.53 Å². The second-order valence-electron chi connectivity index (χ2n) is 1.34. The fraction of sp³-hybridized carbons (Fsp3) is 0.600. The summed E-state index contributed by atoms with van der Waals surface area (Å²) in [7, 11) is 1.58. The molecule has 0 bridgehead atoms. The van der Waals surface area contributed by atoms with Gasteiger partial charge >= 0.3 is 0 Å². The summed E-state index contributed by atoms with van der Waals surface area (Å²) in [6, 6.07) is 0. The zero-order chi connectivity index (χ0) is 6.41. The predicted molar refractivity (Wildman–Crippen MR) is 30.2 cm³/mol. The molecule has 1 radical (unpaired) electrons. The number of carbonyl (C=O) groups is 1. The van der Waals surface area contributed by atoms with Crippen LogP contribution < -0.4 is 5.32 Å². The van der Waals surface area contributed by atoms with Crippen molar-refractivity contribution in [2.75, 3.05) is 20.3 Å². The monoisotopic (exact) mass is 116 g/mol. The number of nitrogens with one attached hydrogen (secondary N) is 1. The normalized spacial score (nSPS) is 8.75. The lowest BCUT2D eigenvalue weighted by Gasteiger charge is -1.97. The molecule has 8 heavy (non-hydrogen) atoms. The van der Waals surface area contributed by atoms with Gasteiger partial charge in [0.15, 0.2) is 0 Å². The van der Waals surface area contributed by atoms with Gasteiger partial charge in [0.05, 0.1) is 6.61 Å². The summed E-state index contributed by atoms with van der Waals surface area (Å²) in [6.07, 6.45) is 0. The summed E-state index contributed by atoms with van der Waals surface area (Å²) in [5.41, 5.74) is 0. The van der Waals surface area contributed by atoms with Crippen LogP contribution in [0.4, 0.5) is 0 Å². The van der Waals surface area contributed by atoms with E-state index < -0.39 is 0 Å². The third kappa shape index (κ3) is 5.43. The third-order valence-electron chi connectivity index (χ3n) is 0.628. The van der Waals surface area contributed by atoms with Crippen LogP contribution in [0, 0.1) is 6.92 Å². The summed E-state index contributed by atoms with van der Waals surface area (Å²) >= 11 is 0. The van der Waals surface area contributed by atoms with Gasteiger partial charge in [-0.2, -0.15) is 0 Å². The Hall–Kier alpha value is -0.570. The summed E-state index contributed by atoms with van der Waals surface area (Å²) in [6.45, 7) is 4.19. The van der Waals surface area contributed by atoms with E-state index in [0.717, 1.165) is 0 Å². The zero-order valence-corrected chi connectivity index (χ0v) is 4.94. The summed E-state index contributed by atoms with van der Waals surface area (Å²) in [4.78, 5) is 10.0. The van der Waals surface area contributed by atoms with Gasteiger partial charge in [0.2, 0.25) is 5.91 Å². The minimum atomic E-state index is -0.262. The Morgan fingerprint density at radius 2 is 2.50 bits per heavy atom. The Bertz CT molecular complexity index is 72.8. The van der Waals surface area contributed by atoms with Gasteiger partial charge < -0.3 is 10.1 Å². The lowest BCUT2D eigenvalue weighted by Crippen LogP contribution is -2.23. The standard InChI is InChI=1S/C5H10NO2/c1-5(7)6-3-4-8-2/h1,3-4H2,2H3,(H,6,7). The van der Waals surface area contributed by atoms with Gasteiger partial charge in [-0.05, 0) is 0 Å². The van der Waals surface area contributed by atoms with E-state index in [4.69, 9.17) is 0 Å². The molecule has 0 heterocycles. The molecule has 1 amide bonds. The van der Waals surface area contributed by atoms with E-state index in [1.54, 1.807) is 7.11 Å². The van der Waals surface area contributed by atoms with Crippen molar-refractivity contribution in [2.45, 2.75) is 0 Å². The number of methoxy groups -OCH3 is 1. The molecule has 0 saturated carbocycles. The highest BCUT2D eigenvalue weighted by atomic mass is 16.5. The fourth-order valence-electron chi connectivity index (χ4n) is 0.293. The van der Waals surface area contributed by atoms with Crippen molar-refractivity contribution in [2.24, 2.45) is 0 Å². The average Bonchev–Trinajstić information content (AvgIpc) is 1.66. The van der Waals surface area contributed by atoms with Crippen LogP contribution >= 0.6 is 0 Å². The smallest absolute Gasteiger partial charge is 0.220 e. The van der Waals surface area contributed by atoms with Crippen LogP contribution in [0.2, 0.25) is 0 Å². The highest BCUT2D eigenvalue weighted by Crippen LogP contribution is 1.63. The van der Waals surface area contributed by atoms with Crippen LogP contribution in [0.5, 0.6) is 0 Å². The first-order chi connectivity index (χ1) is 3.77. The minimum absolute atomic E-state index is 0.262. The fourth-order valence-corrected chi connectivity index (χ4v) is 0.293. The first-order valence-electron chi connectivity index (χ1n) is 2.36. The Kier molecular flexibility index (Phi) is 4.26. The number of ether oxygens (including phenoxy) is 1. The van der Waals surface area contributed by atoms with Crippen molar-refractivity contribution >= 4 is 5.91 Å². The van der Waals surface area contributed by atoms with E-state index >= 15 is 0 Å². The van der Waals surface area contributed by atoms with Gasteiger partial charge in [0.1, 0.15) is 0 Å². The van der Waals surface area contributed by atoms with Crippen molar-refractivity contribution in [3.8, 4) is 0 Å². The second kappa shape index (κ2) is 4.59. The molecule has 0 unspecified atom stereocenters. The lowest BCUT2D eigenvalue weighted by atomic mass is 10.6. The molecule has 0 aromatic rings. The number of rotatable bonds is 3. The van der Waals surface area contributed by atoms with Gasteiger partial charge in [0.25, 0.3) is 0 Å². The summed E-state index contributed by atoms with van der Waals surface area (Å²) in [5, 5.41) is 2.47. The Labute approximate surface area is 49.0 Å². The van der Waals surface area contributed by atoms with Crippen LogP contribution in [0.25, 0.3) is 0 Å². The Morgan fingerprint density at radius 3 is 2.88 bits per heavy atom. The summed E-state index contributed by atoms with van der Waals surface area (Å²) < 4.78 is 4.65. The van der Waals surface area contributed by atoms with E-state index in [2.05, 4.69) is 17.0 Å². The quantitative estimate of drug-likeness (QED) is 0.509. The van der Waals surface area contributed by atoms with E-state index in [0.29, 0.717) is 13.2 Å². The van der Waals surface area contributed by atoms with Crippen molar-refractivity contribution in [1.29, 1.82) is 0 Å². The zero-order valence-electron chi connectivity index (χ0n) is 4.94. The van der Waals surface area contributed by atoms with E-state index in [1.165, 1.54) is 0 Å². The van der Waals surface area contributed by atoms with E-state index in [-0.39, 0.29) is 5.91 Å². The SMILES string of the molecule is [CH2]C(=O)NCCOC. The lowest BCUT2D eigenvalue weighted by molar-refractivity contribution is -0.116. The van der Waals surface area contributed by atoms with Gasteiger partial charge in [-0.1, -0.05) is 0 Å². The maximum Gasteiger partial charge on any atom is 0.220 e. The first-order valence-corrected chi connectivity index (χ1v) is 2.36. The highest BCUT2D eigenvalue weighted by molar-refractivity contribution is 5.79. The number of carbonyl (C=O) groups excluding carboxylic acids is 1.